The number of nitrogens with zero attached hydrogens (tertiary/aromatic N) is 1. The van der Waals surface area contributed by atoms with E-state index in [4.69, 9.17) is 28.4 Å². The van der Waals surface area contributed by atoms with Gasteiger partial charge in [-0.05, 0) is 57.9 Å². The van der Waals surface area contributed by atoms with Crippen molar-refractivity contribution in [1.29, 1.82) is 0 Å². The number of carbonyl (C=O) groups excluding carboxylic acids is 5. The maximum atomic E-state index is 13.8. The van der Waals surface area contributed by atoms with E-state index in [-0.39, 0.29) is 61.0 Å². The summed E-state index contributed by atoms with van der Waals surface area (Å²) in [5.41, 5.74) is -1.65. The van der Waals surface area contributed by atoms with E-state index in [1.54, 1.807) is 13.8 Å². The fraction of sp³-hybridized carbons (Fsp3) is 0.750. The highest BCUT2D eigenvalue weighted by Crippen LogP contribution is 2.41. The van der Waals surface area contributed by atoms with Crippen LogP contribution in [0.2, 0.25) is 0 Å². The summed E-state index contributed by atoms with van der Waals surface area (Å²) in [6, 6.07) is 0.582. The van der Waals surface area contributed by atoms with E-state index in [0.29, 0.717) is 31.0 Å². The Morgan fingerprint density at radius 3 is 2.16 bits per heavy atom. The maximum absolute atomic E-state index is 13.8. The molecule has 0 aliphatic carbocycles. The number of ether oxygens (including phenoxy) is 7. The standard InChI is InChI=1S/C44H71N5O18S/c1-11-43(6,7)67-36-33(54)34(55)41(65-35-31(48-24(5)51)38(44(8,12-2)13-3)64-29(21-50)32(35)53)66-37(36)39(56)46-17-16-45-30(52)15-14-18-63-28-20-26(49(59)60)25(19-27(28)61-9)22-68-42(58)47-23(4)40(57)62-10/h19-20,23,29,31-38,41,50,53-55H,11-18,21-22H2,1-10H3,(H,45,52)(H,46,56)(H,47,58)(H,48,51). The largest absolute Gasteiger partial charge is 0.493 e. The van der Waals surface area contributed by atoms with Gasteiger partial charge in [-0.15, -0.1) is 0 Å². The summed E-state index contributed by atoms with van der Waals surface area (Å²) in [6.45, 7) is 13.0. The van der Waals surface area contributed by atoms with Crippen LogP contribution in [0.25, 0.3) is 0 Å². The Hall–Kier alpha value is -4.40. The third kappa shape index (κ3) is 15.6. The highest BCUT2D eigenvalue weighted by molar-refractivity contribution is 8.12. The molecule has 68 heavy (non-hydrogen) atoms. The minimum absolute atomic E-state index is 0.0330. The molecule has 0 spiro atoms. The van der Waals surface area contributed by atoms with E-state index in [0.717, 1.165) is 6.07 Å². The number of carbonyl (C=O) groups is 5. The lowest BCUT2D eigenvalue weighted by Crippen LogP contribution is -2.70. The number of esters is 1. The third-order valence-corrected chi connectivity index (χ3v) is 13.2. The number of nitrogens with one attached hydrogen (secondary N) is 4. The molecule has 4 amide bonds. The number of nitro groups is 1. The van der Waals surface area contributed by atoms with Gasteiger partial charge in [0, 0.05) is 37.8 Å². The Kier molecular flexibility index (Phi) is 22.6. The molecule has 11 atom stereocenters. The topological polar surface area (TPSA) is 322 Å². The van der Waals surface area contributed by atoms with Gasteiger partial charge in [-0.1, -0.05) is 39.5 Å². The van der Waals surface area contributed by atoms with Gasteiger partial charge in [0.1, 0.15) is 42.7 Å². The summed E-state index contributed by atoms with van der Waals surface area (Å²) in [4.78, 5) is 74.3. The van der Waals surface area contributed by atoms with Gasteiger partial charge in [0.15, 0.2) is 23.9 Å². The van der Waals surface area contributed by atoms with E-state index >= 15 is 0 Å². The van der Waals surface area contributed by atoms with Crippen LogP contribution in [0, 0.1) is 15.5 Å². The van der Waals surface area contributed by atoms with Crippen molar-refractivity contribution >= 4 is 46.4 Å². The Bertz CT molecular complexity index is 1870. The van der Waals surface area contributed by atoms with Crippen LogP contribution < -0.4 is 30.7 Å². The lowest BCUT2D eigenvalue weighted by Gasteiger charge is -2.52. The first kappa shape index (κ1) is 57.9. The quantitative estimate of drug-likeness (QED) is 0.0297. The third-order valence-electron chi connectivity index (χ3n) is 12.3. The Morgan fingerprint density at radius 1 is 0.926 bits per heavy atom. The average Bonchev–Trinajstić information content (AvgIpc) is 3.30. The zero-order chi connectivity index (χ0) is 51.1. The molecule has 2 aliphatic heterocycles. The van der Waals surface area contributed by atoms with Gasteiger partial charge in [0.2, 0.25) is 11.8 Å². The highest BCUT2D eigenvalue weighted by atomic mass is 32.2. The van der Waals surface area contributed by atoms with Crippen molar-refractivity contribution in [1.82, 2.24) is 21.3 Å². The smallest absolute Gasteiger partial charge is 0.328 e. The van der Waals surface area contributed by atoms with Gasteiger partial charge in [-0.2, -0.15) is 0 Å². The predicted molar refractivity (Wildman–Crippen MR) is 245 cm³/mol. The molecule has 386 valence electrons. The summed E-state index contributed by atoms with van der Waals surface area (Å²) in [5, 5.41) is 66.4. The molecule has 11 unspecified atom stereocenters. The number of thioether (sulfide) groups is 1. The average molecular weight is 990 g/mol. The van der Waals surface area contributed by atoms with Crippen LogP contribution in [-0.4, -0.2) is 168 Å². The van der Waals surface area contributed by atoms with E-state index in [2.05, 4.69) is 26.0 Å². The van der Waals surface area contributed by atoms with Gasteiger partial charge in [0.25, 0.3) is 16.8 Å². The molecule has 0 bridgehead atoms. The van der Waals surface area contributed by atoms with E-state index in [1.807, 2.05) is 27.7 Å². The molecule has 2 aliphatic rings. The van der Waals surface area contributed by atoms with Gasteiger partial charge >= 0.3 is 5.97 Å². The van der Waals surface area contributed by atoms with Crippen molar-refractivity contribution in [3.8, 4) is 11.5 Å². The van der Waals surface area contributed by atoms with Crippen molar-refractivity contribution in [2.45, 2.75) is 166 Å². The highest BCUT2D eigenvalue weighted by Gasteiger charge is 2.56. The molecular weight excluding hydrogens is 919 g/mol. The molecule has 0 aromatic heterocycles. The maximum Gasteiger partial charge on any atom is 0.328 e. The van der Waals surface area contributed by atoms with Gasteiger partial charge in [-0.25, -0.2) is 4.79 Å². The van der Waals surface area contributed by atoms with Crippen molar-refractivity contribution in [3.05, 3.63) is 27.8 Å². The lowest BCUT2D eigenvalue weighted by atomic mass is 9.72. The number of benzene rings is 1. The molecule has 8 N–H and O–H groups in total. The van der Waals surface area contributed by atoms with Crippen LogP contribution in [0.1, 0.15) is 93.1 Å². The minimum atomic E-state index is -1.81. The molecule has 0 saturated carbocycles. The first-order chi connectivity index (χ1) is 32.0. The number of hydrogen-bond acceptors (Lipinski definition) is 19. The summed E-state index contributed by atoms with van der Waals surface area (Å²) < 4.78 is 40.3. The molecular formula is C44H71N5O18S. The molecule has 1 aromatic rings. The Labute approximate surface area is 400 Å². The molecule has 2 fully saturated rings. The summed E-state index contributed by atoms with van der Waals surface area (Å²) in [6.07, 6.45) is -11.4. The number of methoxy groups -OCH3 is 2. The summed E-state index contributed by atoms with van der Waals surface area (Å²) in [7, 11) is 2.51. The molecule has 1 aromatic carbocycles. The number of nitro benzene ring substituents is 1. The zero-order valence-corrected chi connectivity index (χ0v) is 41.3. The lowest BCUT2D eigenvalue weighted by molar-refractivity contribution is -0.385. The summed E-state index contributed by atoms with van der Waals surface area (Å²) in [5.74, 6) is -2.27. The fourth-order valence-corrected chi connectivity index (χ4v) is 8.32. The van der Waals surface area contributed by atoms with Gasteiger partial charge < -0.3 is 74.9 Å². The molecule has 2 heterocycles. The van der Waals surface area contributed by atoms with Crippen molar-refractivity contribution in [2.75, 3.05) is 40.5 Å². The Morgan fingerprint density at radius 2 is 1.59 bits per heavy atom. The number of amides is 4. The molecule has 23 nitrogen and oxygen atoms in total. The van der Waals surface area contributed by atoms with E-state index in [9.17, 15) is 54.5 Å². The van der Waals surface area contributed by atoms with Crippen LogP contribution in [0.15, 0.2) is 12.1 Å². The second-order valence-corrected chi connectivity index (χ2v) is 18.5. The number of rotatable bonds is 25. The summed E-state index contributed by atoms with van der Waals surface area (Å²) >= 11 is 0.706. The van der Waals surface area contributed by atoms with E-state index in [1.165, 1.54) is 34.1 Å². The van der Waals surface area contributed by atoms with Gasteiger partial charge in [0.05, 0.1) is 56.2 Å². The first-order valence-corrected chi connectivity index (χ1v) is 23.6. The Balaban J connectivity index is 1.65. The first-order valence-electron chi connectivity index (χ1n) is 22.6. The van der Waals surface area contributed by atoms with Crippen LogP contribution in [0.3, 0.4) is 0 Å². The second-order valence-electron chi connectivity index (χ2n) is 17.5. The van der Waals surface area contributed by atoms with Crippen molar-refractivity contribution in [3.63, 3.8) is 0 Å². The molecule has 0 radical (unpaired) electrons. The normalized spacial score (nSPS) is 25.6. The molecule has 24 heteroatoms. The van der Waals surface area contributed by atoms with Crippen LogP contribution in [0.5, 0.6) is 11.5 Å². The second kappa shape index (κ2) is 26.5. The van der Waals surface area contributed by atoms with E-state index < -0.39 is 119 Å². The van der Waals surface area contributed by atoms with Crippen molar-refractivity contribution < 1.29 is 82.5 Å². The number of aliphatic hydroxyl groups is 4. The monoisotopic (exact) mass is 989 g/mol. The number of aliphatic hydroxyl groups excluding tert-OH is 4. The number of hydrogen-bond donors (Lipinski definition) is 8. The predicted octanol–water partition coefficient (Wildman–Crippen LogP) is 1.36. The minimum Gasteiger partial charge on any atom is -0.493 e. The SMILES string of the molecule is CCC(C)(C)OC1C(C(=O)NCCNC(=O)CCCOc2cc([N+](=O)[O-])c(CSC(=O)NC(C)C(=O)OC)cc2OC)OC(OC2C(O)C(CO)OC(C(C)(CC)CC)C2NC(C)=O)C(O)C1O. The van der Waals surface area contributed by atoms with Crippen LogP contribution >= 0.6 is 11.8 Å². The zero-order valence-electron chi connectivity index (χ0n) is 40.4. The van der Waals surface area contributed by atoms with Crippen molar-refractivity contribution in [2.24, 2.45) is 5.41 Å². The van der Waals surface area contributed by atoms with Gasteiger partial charge in [-0.3, -0.25) is 29.3 Å². The molecule has 3 rings (SSSR count). The van der Waals surface area contributed by atoms with Crippen LogP contribution in [0.4, 0.5) is 10.5 Å². The van der Waals surface area contributed by atoms with Crippen LogP contribution in [-0.2, 0) is 48.6 Å². The fourth-order valence-electron chi connectivity index (χ4n) is 7.55. The molecule has 2 saturated heterocycles.